The highest BCUT2D eigenvalue weighted by molar-refractivity contribution is 5.94. The number of nitrogens with one attached hydrogen (secondary N) is 2. The lowest BCUT2D eigenvalue weighted by Crippen LogP contribution is -2.76. The lowest BCUT2D eigenvalue weighted by atomic mass is 9.73. The Labute approximate surface area is 188 Å². The third-order valence-corrected chi connectivity index (χ3v) is 6.90. The molecule has 2 rings (SSSR count). The molecule has 2 amide bonds. The number of hydrogen-bond acceptors (Lipinski definition) is 8. The number of anilines is 1. The number of carbonyl (C=O) groups excluding carboxylic acids is 2. The Morgan fingerprint density at radius 3 is 2.31 bits per heavy atom. The molecule has 1 aliphatic rings. The van der Waals surface area contributed by atoms with E-state index in [0.29, 0.717) is 24.3 Å². The van der Waals surface area contributed by atoms with E-state index in [1.165, 1.54) is 25.7 Å². The van der Waals surface area contributed by atoms with Gasteiger partial charge in [0, 0.05) is 24.3 Å². The van der Waals surface area contributed by atoms with Gasteiger partial charge in [-0.15, -0.1) is 0 Å². The lowest BCUT2D eigenvalue weighted by Gasteiger charge is -2.48. The van der Waals surface area contributed by atoms with Gasteiger partial charge in [-0.2, -0.15) is 0 Å². The van der Waals surface area contributed by atoms with Gasteiger partial charge in [0.15, 0.2) is 5.78 Å². The first-order valence-corrected chi connectivity index (χ1v) is 10.8. The van der Waals surface area contributed by atoms with E-state index in [4.69, 9.17) is 5.73 Å². The van der Waals surface area contributed by atoms with Crippen LogP contribution in [0.15, 0.2) is 24.3 Å². The fourth-order valence-electron chi connectivity index (χ4n) is 4.78. The molecule has 1 aromatic carbocycles. The summed E-state index contributed by atoms with van der Waals surface area (Å²) in [4.78, 5) is 26.1. The summed E-state index contributed by atoms with van der Waals surface area (Å²) in [6.45, 7) is 7.39. The van der Waals surface area contributed by atoms with Gasteiger partial charge in [0.2, 0.25) is 0 Å². The second-order valence-corrected chi connectivity index (χ2v) is 8.59. The van der Waals surface area contributed by atoms with E-state index < -0.39 is 47.6 Å². The molecule has 6 atom stereocenters. The van der Waals surface area contributed by atoms with Gasteiger partial charge in [-0.3, -0.25) is 4.79 Å². The van der Waals surface area contributed by atoms with Crippen molar-refractivity contribution < 1.29 is 30.0 Å². The minimum absolute atomic E-state index is 0.168. The number of Topliss-reactive ketones (excluding diaryl/α,β-unsaturated/α-hetero) is 1. The van der Waals surface area contributed by atoms with E-state index in [9.17, 15) is 30.0 Å². The number of urea groups is 1. The average Bonchev–Trinajstić information content (AvgIpc) is 2.86. The number of rotatable bonds is 8. The summed E-state index contributed by atoms with van der Waals surface area (Å²) in [5.41, 5.74) is 0.914. The molecule has 32 heavy (non-hydrogen) atoms. The van der Waals surface area contributed by atoms with E-state index in [1.54, 1.807) is 38.1 Å². The van der Waals surface area contributed by atoms with Crippen LogP contribution in [0.4, 0.5) is 10.5 Å². The number of carbonyl (C=O) groups is 2. The van der Waals surface area contributed by atoms with Gasteiger partial charge in [-0.05, 0) is 46.8 Å². The van der Waals surface area contributed by atoms with Crippen molar-refractivity contribution >= 4 is 17.5 Å². The Hall–Kier alpha value is -2.24. The van der Waals surface area contributed by atoms with Gasteiger partial charge in [0.05, 0.1) is 24.8 Å². The first-order valence-electron chi connectivity index (χ1n) is 10.8. The fourth-order valence-corrected chi connectivity index (χ4v) is 4.78. The van der Waals surface area contributed by atoms with Gasteiger partial charge in [0.1, 0.15) is 16.7 Å². The number of aliphatic hydroxyl groups is 4. The number of nitrogens with two attached hydrogens (primary N) is 1. The third-order valence-electron chi connectivity index (χ3n) is 6.90. The van der Waals surface area contributed by atoms with Crippen LogP contribution < -0.4 is 16.4 Å². The van der Waals surface area contributed by atoms with Crippen molar-refractivity contribution in [1.82, 2.24) is 10.2 Å². The molecule has 1 fully saturated rings. The Morgan fingerprint density at radius 2 is 1.84 bits per heavy atom. The maximum absolute atomic E-state index is 12.9. The van der Waals surface area contributed by atoms with Crippen LogP contribution in [0.25, 0.3) is 0 Å². The van der Waals surface area contributed by atoms with Crippen LogP contribution in [0.1, 0.15) is 45.0 Å². The fraction of sp³-hybridized carbons (Fsp3) is 0.636. The maximum Gasteiger partial charge on any atom is 0.318 e. The van der Waals surface area contributed by atoms with E-state index >= 15 is 0 Å². The van der Waals surface area contributed by atoms with Crippen molar-refractivity contribution in [2.45, 2.75) is 69.5 Å². The summed E-state index contributed by atoms with van der Waals surface area (Å²) in [6, 6.07) is 3.44. The molecule has 1 aliphatic carbocycles. The average molecular weight is 453 g/mol. The van der Waals surface area contributed by atoms with Gasteiger partial charge in [-0.25, -0.2) is 4.79 Å². The van der Waals surface area contributed by atoms with Gasteiger partial charge >= 0.3 is 6.03 Å². The zero-order valence-corrected chi connectivity index (χ0v) is 19.3. The number of nitrogens with zero attached hydrogens (tertiary/aromatic N) is 1. The molecule has 1 aromatic rings. The smallest absolute Gasteiger partial charge is 0.318 e. The first kappa shape index (κ1) is 26.0. The predicted octanol–water partition coefficient (Wildman–Crippen LogP) is -0.344. The SMILES string of the molecule is CCN(CC)C(=O)N[C@@]1([C@H](C)O)[C@@H](N)[C@H](Nc2cccc(C(C)=O)c2)[C@](O)(CO)[C@]1(C)O. The normalized spacial score (nSPS) is 32.9. The minimum Gasteiger partial charge on any atom is -0.393 e. The van der Waals surface area contributed by atoms with Crippen LogP contribution in [-0.4, -0.2) is 91.8 Å². The van der Waals surface area contributed by atoms with Crippen LogP contribution in [0.3, 0.4) is 0 Å². The van der Waals surface area contributed by atoms with Crippen LogP contribution in [0.5, 0.6) is 0 Å². The highest BCUT2D eigenvalue weighted by Gasteiger charge is 2.75. The van der Waals surface area contributed by atoms with Gasteiger partial charge in [0.25, 0.3) is 0 Å². The van der Waals surface area contributed by atoms with Gasteiger partial charge < -0.3 is 41.7 Å². The molecule has 10 heteroatoms. The molecular weight excluding hydrogens is 416 g/mol. The van der Waals surface area contributed by atoms with E-state index in [-0.39, 0.29) is 5.78 Å². The maximum atomic E-state index is 12.9. The number of benzene rings is 1. The molecule has 10 nitrogen and oxygen atoms in total. The summed E-state index contributed by atoms with van der Waals surface area (Å²) in [6.07, 6.45) is -1.40. The summed E-state index contributed by atoms with van der Waals surface area (Å²) >= 11 is 0. The molecular formula is C22H36N4O6. The Balaban J connectivity index is 2.59. The van der Waals surface area contributed by atoms with Crippen molar-refractivity contribution in [2.24, 2.45) is 5.73 Å². The van der Waals surface area contributed by atoms with Crippen LogP contribution in [0.2, 0.25) is 0 Å². The lowest BCUT2D eigenvalue weighted by molar-refractivity contribution is -0.185. The third kappa shape index (κ3) is 3.86. The molecule has 0 saturated heterocycles. The number of aliphatic hydroxyl groups excluding tert-OH is 2. The summed E-state index contributed by atoms with van der Waals surface area (Å²) < 4.78 is 0. The van der Waals surface area contributed by atoms with Crippen LogP contribution in [0, 0.1) is 0 Å². The quantitative estimate of drug-likeness (QED) is 0.263. The zero-order chi connectivity index (χ0) is 24.5. The zero-order valence-electron chi connectivity index (χ0n) is 19.3. The van der Waals surface area contributed by atoms with E-state index in [1.807, 2.05) is 0 Å². The van der Waals surface area contributed by atoms with Gasteiger partial charge in [-0.1, -0.05) is 12.1 Å². The molecule has 0 heterocycles. The molecule has 0 aromatic heterocycles. The number of ketones is 1. The van der Waals surface area contributed by atoms with E-state index in [0.717, 1.165) is 0 Å². The van der Waals surface area contributed by atoms with Crippen LogP contribution >= 0.6 is 0 Å². The molecule has 0 radical (unpaired) electrons. The second kappa shape index (κ2) is 9.32. The molecule has 0 unspecified atom stereocenters. The number of amides is 2. The van der Waals surface area contributed by atoms with Crippen molar-refractivity contribution in [3.8, 4) is 0 Å². The van der Waals surface area contributed by atoms with Crippen molar-refractivity contribution in [2.75, 3.05) is 25.0 Å². The van der Waals surface area contributed by atoms with Crippen molar-refractivity contribution in [1.29, 1.82) is 0 Å². The van der Waals surface area contributed by atoms with E-state index in [2.05, 4.69) is 10.6 Å². The van der Waals surface area contributed by atoms with Crippen LogP contribution in [-0.2, 0) is 0 Å². The van der Waals surface area contributed by atoms with Crippen molar-refractivity contribution in [3.05, 3.63) is 29.8 Å². The molecule has 1 saturated carbocycles. The molecule has 0 bridgehead atoms. The largest absolute Gasteiger partial charge is 0.393 e. The second-order valence-electron chi connectivity index (χ2n) is 8.59. The standard InChI is InChI=1S/C22H36N4O6/c1-6-26(7-2)19(30)25-22(14(4)29)17(23)18(21(32,12-27)20(22,5)31)24-16-10-8-9-15(11-16)13(3)28/h8-11,14,17-18,24,27,29,31-32H,6-7,12,23H2,1-5H3,(H,25,30)/t14-,17-,18-,20-,21+,22-/m0/s1. The predicted molar refractivity (Wildman–Crippen MR) is 120 cm³/mol. The molecule has 180 valence electrons. The Morgan fingerprint density at radius 1 is 1.25 bits per heavy atom. The van der Waals surface area contributed by atoms with Crippen molar-refractivity contribution in [3.63, 3.8) is 0 Å². The highest BCUT2D eigenvalue weighted by atomic mass is 16.4. The Kier molecular flexibility index (Phi) is 7.58. The summed E-state index contributed by atoms with van der Waals surface area (Å²) in [7, 11) is 0. The molecule has 8 N–H and O–H groups in total. The molecule has 0 aliphatic heterocycles. The summed E-state index contributed by atoms with van der Waals surface area (Å²) in [5, 5.41) is 49.6. The Bertz CT molecular complexity index is 843. The molecule has 0 spiro atoms. The number of hydrogen-bond donors (Lipinski definition) is 7. The minimum atomic E-state index is -2.26. The highest BCUT2D eigenvalue weighted by Crippen LogP contribution is 2.48. The monoisotopic (exact) mass is 452 g/mol. The topological polar surface area (TPSA) is 168 Å². The summed E-state index contributed by atoms with van der Waals surface area (Å²) in [5.74, 6) is -0.168. The first-order chi connectivity index (χ1) is 14.8.